The highest BCUT2D eigenvalue weighted by Gasteiger charge is 2.30. The molecule has 33 heavy (non-hydrogen) atoms. The Bertz CT molecular complexity index is 1080. The number of rotatable bonds is 10. The van der Waals surface area contributed by atoms with Crippen LogP contribution in [0.25, 0.3) is 0 Å². The van der Waals surface area contributed by atoms with Crippen LogP contribution in [0.15, 0.2) is 48.5 Å². The number of sulfonamides is 1. The van der Waals surface area contributed by atoms with E-state index in [-0.39, 0.29) is 18.4 Å². The van der Waals surface area contributed by atoms with E-state index >= 15 is 0 Å². The van der Waals surface area contributed by atoms with E-state index in [0.29, 0.717) is 12.2 Å². The third kappa shape index (κ3) is 7.60. The zero-order valence-electron chi connectivity index (χ0n) is 20.3. The Kier molecular flexibility index (Phi) is 9.05. The summed E-state index contributed by atoms with van der Waals surface area (Å²) in [5.41, 5.74) is 3.19. The second-order valence-corrected chi connectivity index (χ2v) is 10.8. The van der Waals surface area contributed by atoms with Crippen molar-refractivity contribution in [2.45, 2.75) is 47.2 Å². The summed E-state index contributed by atoms with van der Waals surface area (Å²) in [5, 5.41) is 2.88. The summed E-state index contributed by atoms with van der Waals surface area (Å²) in [5.74, 6) is -0.451. The number of carbonyl (C=O) groups excluding carboxylic acids is 2. The first-order valence-corrected chi connectivity index (χ1v) is 12.9. The molecule has 0 unspecified atom stereocenters. The SMILES string of the molecule is Cc1cccc(N(CC(=O)N(Cc2ccccc2C)[C@H](C)C(=O)NCC(C)C)S(C)(=O)=O)c1. The van der Waals surface area contributed by atoms with Crippen LogP contribution in [0.1, 0.15) is 37.5 Å². The van der Waals surface area contributed by atoms with Crippen LogP contribution in [0.3, 0.4) is 0 Å². The summed E-state index contributed by atoms with van der Waals surface area (Å²) in [4.78, 5) is 27.8. The quantitative estimate of drug-likeness (QED) is 0.574. The van der Waals surface area contributed by atoms with Gasteiger partial charge in [0.15, 0.2) is 0 Å². The average Bonchev–Trinajstić information content (AvgIpc) is 2.73. The Hall–Kier alpha value is -2.87. The molecule has 1 atom stereocenters. The number of hydrogen-bond donors (Lipinski definition) is 1. The first kappa shape index (κ1) is 26.4. The second-order valence-electron chi connectivity index (χ2n) is 8.87. The third-order valence-corrected chi connectivity index (χ3v) is 6.56. The van der Waals surface area contributed by atoms with Gasteiger partial charge in [-0.25, -0.2) is 8.42 Å². The van der Waals surface area contributed by atoms with Crippen molar-refractivity contribution in [3.8, 4) is 0 Å². The van der Waals surface area contributed by atoms with Crippen LogP contribution < -0.4 is 9.62 Å². The fourth-order valence-corrected chi connectivity index (χ4v) is 4.24. The van der Waals surface area contributed by atoms with Crippen molar-refractivity contribution in [2.24, 2.45) is 5.92 Å². The van der Waals surface area contributed by atoms with Crippen LogP contribution in [0.5, 0.6) is 0 Å². The van der Waals surface area contributed by atoms with E-state index < -0.39 is 28.5 Å². The molecule has 2 aromatic carbocycles. The molecule has 0 spiro atoms. The molecular weight excluding hydrogens is 438 g/mol. The Morgan fingerprint density at radius 3 is 2.24 bits per heavy atom. The molecule has 8 heteroatoms. The van der Waals surface area contributed by atoms with E-state index in [2.05, 4.69) is 5.32 Å². The molecule has 180 valence electrons. The van der Waals surface area contributed by atoms with Gasteiger partial charge in [0.25, 0.3) is 0 Å². The Balaban J connectivity index is 2.38. The van der Waals surface area contributed by atoms with Crippen molar-refractivity contribution in [2.75, 3.05) is 23.7 Å². The van der Waals surface area contributed by atoms with Gasteiger partial charge in [0.2, 0.25) is 21.8 Å². The fourth-order valence-electron chi connectivity index (χ4n) is 3.40. The van der Waals surface area contributed by atoms with Crippen LogP contribution in [-0.2, 0) is 26.2 Å². The molecule has 0 aromatic heterocycles. The number of nitrogens with zero attached hydrogens (tertiary/aromatic N) is 2. The lowest BCUT2D eigenvalue weighted by Gasteiger charge is -2.32. The van der Waals surface area contributed by atoms with Crippen molar-refractivity contribution < 1.29 is 18.0 Å². The number of hydrogen-bond acceptors (Lipinski definition) is 4. The highest BCUT2D eigenvalue weighted by molar-refractivity contribution is 7.92. The molecule has 0 heterocycles. The minimum atomic E-state index is -3.73. The molecule has 0 saturated heterocycles. The molecule has 2 amide bonds. The lowest BCUT2D eigenvalue weighted by Crippen LogP contribution is -2.51. The summed E-state index contributed by atoms with van der Waals surface area (Å²) >= 11 is 0. The lowest BCUT2D eigenvalue weighted by atomic mass is 10.1. The van der Waals surface area contributed by atoms with Gasteiger partial charge in [-0.2, -0.15) is 0 Å². The maximum absolute atomic E-state index is 13.5. The standard InChI is InChI=1S/C25H35N3O4S/c1-18(2)15-26-25(30)21(5)27(16-22-12-8-7-11-20(22)4)24(29)17-28(33(6,31)32)23-13-9-10-19(3)14-23/h7-14,18,21H,15-17H2,1-6H3,(H,26,30)/t21-/m1/s1. The predicted octanol–water partition coefficient (Wildman–Crippen LogP) is 3.26. The van der Waals surface area contributed by atoms with Gasteiger partial charge in [-0.1, -0.05) is 50.2 Å². The first-order chi connectivity index (χ1) is 15.4. The summed E-state index contributed by atoms with van der Waals surface area (Å²) < 4.78 is 26.2. The highest BCUT2D eigenvalue weighted by atomic mass is 32.2. The predicted molar refractivity (Wildman–Crippen MR) is 132 cm³/mol. The first-order valence-electron chi connectivity index (χ1n) is 11.1. The summed E-state index contributed by atoms with van der Waals surface area (Å²) in [6.07, 6.45) is 1.08. The largest absolute Gasteiger partial charge is 0.354 e. The summed E-state index contributed by atoms with van der Waals surface area (Å²) in [6, 6.07) is 13.9. The smallest absolute Gasteiger partial charge is 0.244 e. The molecule has 1 N–H and O–H groups in total. The van der Waals surface area contributed by atoms with Crippen LogP contribution in [0, 0.1) is 19.8 Å². The van der Waals surface area contributed by atoms with Crippen molar-refractivity contribution in [3.63, 3.8) is 0 Å². The molecule has 0 fully saturated rings. The monoisotopic (exact) mass is 473 g/mol. The second kappa shape index (κ2) is 11.3. The number of benzene rings is 2. The lowest BCUT2D eigenvalue weighted by molar-refractivity contribution is -0.139. The van der Waals surface area contributed by atoms with Crippen LogP contribution in [-0.4, -0.2) is 50.5 Å². The van der Waals surface area contributed by atoms with Gasteiger partial charge in [0.1, 0.15) is 12.6 Å². The molecule has 2 aromatic rings. The number of amides is 2. The van der Waals surface area contributed by atoms with Gasteiger partial charge < -0.3 is 10.2 Å². The Morgan fingerprint density at radius 1 is 1.00 bits per heavy atom. The van der Waals surface area contributed by atoms with Gasteiger partial charge in [-0.3, -0.25) is 13.9 Å². The number of aryl methyl sites for hydroxylation is 2. The molecule has 0 saturated carbocycles. The zero-order chi connectivity index (χ0) is 24.8. The van der Waals surface area contributed by atoms with Crippen LogP contribution >= 0.6 is 0 Å². The van der Waals surface area contributed by atoms with Gasteiger partial charge in [0.05, 0.1) is 11.9 Å². The summed E-state index contributed by atoms with van der Waals surface area (Å²) in [7, 11) is -3.73. The van der Waals surface area contributed by atoms with Crippen molar-refractivity contribution in [1.82, 2.24) is 10.2 Å². The van der Waals surface area contributed by atoms with Crippen LogP contribution in [0.2, 0.25) is 0 Å². The number of nitrogens with one attached hydrogen (secondary N) is 1. The molecular formula is C25H35N3O4S. The normalized spacial score (nSPS) is 12.3. The van der Waals surface area contributed by atoms with Crippen molar-refractivity contribution in [1.29, 1.82) is 0 Å². The molecule has 2 rings (SSSR count). The average molecular weight is 474 g/mol. The number of anilines is 1. The topological polar surface area (TPSA) is 86.8 Å². The van der Waals surface area contributed by atoms with Gasteiger partial charge in [-0.15, -0.1) is 0 Å². The van der Waals surface area contributed by atoms with E-state index in [1.807, 2.05) is 58.0 Å². The van der Waals surface area contributed by atoms with Gasteiger partial charge in [0, 0.05) is 13.1 Å². The molecule has 0 aliphatic rings. The highest BCUT2D eigenvalue weighted by Crippen LogP contribution is 2.20. The zero-order valence-corrected chi connectivity index (χ0v) is 21.1. The van der Waals surface area contributed by atoms with E-state index in [1.165, 1.54) is 4.90 Å². The van der Waals surface area contributed by atoms with E-state index in [1.54, 1.807) is 25.1 Å². The molecule has 0 aliphatic heterocycles. The maximum atomic E-state index is 13.5. The van der Waals surface area contributed by atoms with E-state index in [0.717, 1.165) is 27.3 Å². The molecule has 7 nitrogen and oxygen atoms in total. The van der Waals surface area contributed by atoms with E-state index in [4.69, 9.17) is 0 Å². The van der Waals surface area contributed by atoms with Crippen LogP contribution in [0.4, 0.5) is 5.69 Å². The summed E-state index contributed by atoms with van der Waals surface area (Å²) in [6.45, 7) is 9.76. The third-order valence-electron chi connectivity index (χ3n) is 5.42. The minimum Gasteiger partial charge on any atom is -0.354 e. The molecule has 0 aliphatic carbocycles. The molecule has 0 bridgehead atoms. The maximum Gasteiger partial charge on any atom is 0.244 e. The van der Waals surface area contributed by atoms with Crippen molar-refractivity contribution >= 4 is 27.5 Å². The van der Waals surface area contributed by atoms with Crippen molar-refractivity contribution in [3.05, 3.63) is 65.2 Å². The fraction of sp³-hybridized carbons (Fsp3) is 0.440. The molecule has 0 radical (unpaired) electrons. The van der Waals surface area contributed by atoms with Gasteiger partial charge >= 0.3 is 0 Å². The number of carbonyl (C=O) groups is 2. The van der Waals surface area contributed by atoms with E-state index in [9.17, 15) is 18.0 Å². The van der Waals surface area contributed by atoms with Gasteiger partial charge in [-0.05, 0) is 55.5 Å². The Labute approximate surface area is 197 Å². The Morgan fingerprint density at radius 2 is 1.67 bits per heavy atom. The minimum absolute atomic E-state index is 0.202.